The molecule has 4 heteroatoms. The van der Waals surface area contributed by atoms with Crippen LogP contribution in [-0.2, 0) is 9.59 Å². The minimum Gasteiger partial charge on any atom is -0.343 e. The van der Waals surface area contributed by atoms with Gasteiger partial charge in [0.1, 0.15) is 12.1 Å². The molecule has 3 unspecified atom stereocenters. The lowest BCUT2D eigenvalue weighted by atomic mass is 9.91. The van der Waals surface area contributed by atoms with Crippen molar-refractivity contribution in [2.45, 2.75) is 66.0 Å². The van der Waals surface area contributed by atoms with Crippen molar-refractivity contribution in [2.75, 3.05) is 6.54 Å². The van der Waals surface area contributed by atoms with Crippen LogP contribution in [0.5, 0.6) is 0 Å². The van der Waals surface area contributed by atoms with E-state index in [9.17, 15) is 9.59 Å². The summed E-state index contributed by atoms with van der Waals surface area (Å²) in [5.41, 5.74) is 0. The van der Waals surface area contributed by atoms with Crippen LogP contribution in [0.25, 0.3) is 0 Å². The van der Waals surface area contributed by atoms with E-state index in [-0.39, 0.29) is 29.8 Å². The zero-order valence-electron chi connectivity index (χ0n) is 12.9. The first kappa shape index (κ1) is 16.0. The Morgan fingerprint density at radius 3 is 2.21 bits per heavy atom. The molecular formula is C15H28N2O2. The van der Waals surface area contributed by atoms with Crippen LogP contribution in [-0.4, -0.2) is 35.3 Å². The van der Waals surface area contributed by atoms with Gasteiger partial charge in [-0.25, -0.2) is 0 Å². The van der Waals surface area contributed by atoms with E-state index in [1.807, 2.05) is 11.8 Å². The van der Waals surface area contributed by atoms with Gasteiger partial charge in [-0.15, -0.1) is 0 Å². The van der Waals surface area contributed by atoms with Gasteiger partial charge in [0.05, 0.1) is 0 Å². The van der Waals surface area contributed by atoms with Crippen LogP contribution in [0, 0.1) is 11.8 Å². The molecule has 110 valence electrons. The largest absolute Gasteiger partial charge is 0.343 e. The van der Waals surface area contributed by atoms with E-state index in [1.54, 1.807) is 6.92 Å². The summed E-state index contributed by atoms with van der Waals surface area (Å²) in [5.74, 6) is 0.753. The van der Waals surface area contributed by atoms with Crippen molar-refractivity contribution < 1.29 is 9.59 Å². The lowest BCUT2D eigenvalue weighted by Crippen LogP contribution is -2.64. The lowest BCUT2D eigenvalue weighted by Gasteiger charge is -2.42. The third-order valence-corrected chi connectivity index (χ3v) is 4.41. The molecule has 0 spiro atoms. The van der Waals surface area contributed by atoms with E-state index < -0.39 is 0 Å². The highest BCUT2D eigenvalue weighted by Crippen LogP contribution is 2.23. The van der Waals surface area contributed by atoms with E-state index >= 15 is 0 Å². The van der Waals surface area contributed by atoms with Crippen molar-refractivity contribution in [1.29, 1.82) is 0 Å². The summed E-state index contributed by atoms with van der Waals surface area (Å²) >= 11 is 0. The molecule has 1 fully saturated rings. The van der Waals surface area contributed by atoms with Crippen LogP contribution in [0.4, 0.5) is 0 Å². The quantitative estimate of drug-likeness (QED) is 0.802. The minimum absolute atomic E-state index is 0.00686. The Morgan fingerprint density at radius 1 is 1.16 bits per heavy atom. The highest BCUT2D eigenvalue weighted by molar-refractivity contribution is 5.96. The monoisotopic (exact) mass is 268 g/mol. The summed E-state index contributed by atoms with van der Waals surface area (Å²) in [5, 5.41) is 2.80. The molecule has 2 amide bonds. The fraction of sp³-hybridized carbons (Fsp3) is 0.867. The number of carbonyl (C=O) groups is 2. The second-order valence-corrected chi connectivity index (χ2v) is 5.73. The summed E-state index contributed by atoms with van der Waals surface area (Å²) in [7, 11) is 0. The number of hydrogen-bond donors (Lipinski definition) is 1. The molecule has 1 rings (SSSR count). The van der Waals surface area contributed by atoms with Gasteiger partial charge in [-0.3, -0.25) is 9.59 Å². The Kier molecular flexibility index (Phi) is 5.83. The summed E-state index contributed by atoms with van der Waals surface area (Å²) < 4.78 is 0. The Morgan fingerprint density at radius 2 is 1.74 bits per heavy atom. The summed E-state index contributed by atoms with van der Waals surface area (Å²) in [6.07, 6.45) is 2.99. The van der Waals surface area contributed by atoms with Gasteiger partial charge in [0.2, 0.25) is 11.8 Å². The first-order chi connectivity index (χ1) is 8.96. The standard InChI is InChI=1S/C15H28N2O2/c1-6-10(4)13-14(18)16-11(5)15(19)17(13)9-12(7-2)8-3/h10-13H,6-9H2,1-5H3,(H,16,18). The molecule has 1 aliphatic rings. The molecule has 0 aromatic carbocycles. The third-order valence-electron chi connectivity index (χ3n) is 4.41. The third kappa shape index (κ3) is 3.48. The molecule has 0 bridgehead atoms. The number of hydrogen-bond acceptors (Lipinski definition) is 2. The topological polar surface area (TPSA) is 49.4 Å². The average molecular weight is 268 g/mol. The predicted molar refractivity (Wildman–Crippen MR) is 76.6 cm³/mol. The van der Waals surface area contributed by atoms with Crippen LogP contribution in [0.2, 0.25) is 0 Å². The zero-order valence-corrected chi connectivity index (χ0v) is 12.9. The number of rotatable bonds is 6. The van der Waals surface area contributed by atoms with Crippen molar-refractivity contribution in [1.82, 2.24) is 10.2 Å². The first-order valence-corrected chi connectivity index (χ1v) is 7.56. The Labute approximate surface area is 116 Å². The van der Waals surface area contributed by atoms with Gasteiger partial charge < -0.3 is 10.2 Å². The number of carbonyl (C=O) groups excluding carboxylic acids is 2. The maximum absolute atomic E-state index is 12.4. The molecule has 4 nitrogen and oxygen atoms in total. The number of nitrogens with one attached hydrogen (secondary N) is 1. The van der Waals surface area contributed by atoms with Crippen molar-refractivity contribution in [3.8, 4) is 0 Å². The number of nitrogens with zero attached hydrogens (tertiary/aromatic N) is 1. The molecule has 1 aliphatic heterocycles. The van der Waals surface area contributed by atoms with Gasteiger partial charge in [-0.1, -0.05) is 47.0 Å². The van der Waals surface area contributed by atoms with Gasteiger partial charge in [0.15, 0.2) is 0 Å². The van der Waals surface area contributed by atoms with E-state index in [0.717, 1.165) is 19.3 Å². The molecule has 0 saturated carbocycles. The van der Waals surface area contributed by atoms with E-state index in [1.165, 1.54) is 0 Å². The van der Waals surface area contributed by atoms with Gasteiger partial charge in [0.25, 0.3) is 0 Å². The second kappa shape index (κ2) is 6.92. The molecule has 1 heterocycles. The highest BCUT2D eigenvalue weighted by atomic mass is 16.2. The fourth-order valence-electron chi connectivity index (χ4n) is 2.71. The summed E-state index contributed by atoms with van der Waals surface area (Å²) in [6, 6.07) is -0.684. The maximum atomic E-state index is 12.4. The predicted octanol–water partition coefficient (Wildman–Crippen LogP) is 2.18. The SMILES string of the molecule is CCC(CC)CN1C(=O)C(C)NC(=O)C1C(C)CC. The molecule has 19 heavy (non-hydrogen) atoms. The Balaban J connectivity index is 2.95. The van der Waals surface area contributed by atoms with Crippen molar-refractivity contribution >= 4 is 11.8 Å². The minimum atomic E-state index is -0.387. The smallest absolute Gasteiger partial charge is 0.245 e. The molecule has 1 N–H and O–H groups in total. The van der Waals surface area contributed by atoms with Crippen molar-refractivity contribution in [2.24, 2.45) is 11.8 Å². The van der Waals surface area contributed by atoms with E-state index in [2.05, 4.69) is 26.1 Å². The number of amides is 2. The Bertz CT molecular complexity index is 326. The molecule has 1 saturated heterocycles. The van der Waals surface area contributed by atoms with E-state index in [4.69, 9.17) is 0 Å². The van der Waals surface area contributed by atoms with Crippen molar-refractivity contribution in [3.63, 3.8) is 0 Å². The maximum Gasteiger partial charge on any atom is 0.245 e. The molecule has 0 radical (unpaired) electrons. The van der Waals surface area contributed by atoms with Gasteiger partial charge >= 0.3 is 0 Å². The van der Waals surface area contributed by atoms with Crippen LogP contribution >= 0.6 is 0 Å². The van der Waals surface area contributed by atoms with Crippen LogP contribution in [0.3, 0.4) is 0 Å². The van der Waals surface area contributed by atoms with Crippen LogP contribution in [0.15, 0.2) is 0 Å². The molecule has 0 aromatic rings. The van der Waals surface area contributed by atoms with Crippen LogP contribution in [0.1, 0.15) is 53.9 Å². The van der Waals surface area contributed by atoms with Gasteiger partial charge in [-0.2, -0.15) is 0 Å². The van der Waals surface area contributed by atoms with Gasteiger partial charge in [-0.05, 0) is 18.8 Å². The molecule has 3 atom stereocenters. The summed E-state index contributed by atoms with van der Waals surface area (Å²) in [6.45, 7) is 10.9. The van der Waals surface area contributed by atoms with Crippen LogP contribution < -0.4 is 5.32 Å². The normalized spacial score (nSPS) is 25.7. The lowest BCUT2D eigenvalue weighted by molar-refractivity contribution is -0.151. The average Bonchev–Trinajstić information content (AvgIpc) is 2.40. The highest BCUT2D eigenvalue weighted by Gasteiger charge is 2.41. The Hall–Kier alpha value is -1.06. The van der Waals surface area contributed by atoms with Gasteiger partial charge in [0, 0.05) is 6.54 Å². The summed E-state index contributed by atoms with van der Waals surface area (Å²) in [4.78, 5) is 26.4. The first-order valence-electron chi connectivity index (χ1n) is 7.56. The van der Waals surface area contributed by atoms with Crippen molar-refractivity contribution in [3.05, 3.63) is 0 Å². The fourth-order valence-corrected chi connectivity index (χ4v) is 2.71. The molecular weight excluding hydrogens is 240 g/mol. The molecule has 0 aromatic heterocycles. The molecule has 0 aliphatic carbocycles. The number of piperazine rings is 1. The zero-order chi connectivity index (χ0) is 14.6. The van der Waals surface area contributed by atoms with E-state index in [0.29, 0.717) is 12.5 Å². The second-order valence-electron chi connectivity index (χ2n) is 5.73.